The van der Waals surface area contributed by atoms with Crippen molar-refractivity contribution in [3.63, 3.8) is 0 Å². The Labute approximate surface area is 150 Å². The van der Waals surface area contributed by atoms with Gasteiger partial charge < -0.3 is 25.0 Å². The summed E-state index contributed by atoms with van der Waals surface area (Å²) < 4.78 is 11.1. The topological polar surface area (TPSA) is 62.8 Å². The average Bonchev–Trinajstić information content (AvgIpc) is 2.58. The second-order valence-corrected chi connectivity index (χ2v) is 6.88. The highest BCUT2D eigenvalue weighted by molar-refractivity contribution is 5.89. The van der Waals surface area contributed by atoms with Crippen molar-refractivity contribution in [3.8, 4) is 0 Å². The van der Waals surface area contributed by atoms with E-state index in [1.54, 1.807) is 0 Å². The SMILES string of the molecule is CC(C)COCCCNC(=O)Nc1ccc(N2CCOC(C)C2)cc1. The molecule has 0 spiro atoms. The van der Waals surface area contributed by atoms with Gasteiger partial charge in [-0.05, 0) is 43.5 Å². The lowest BCUT2D eigenvalue weighted by Crippen LogP contribution is -2.41. The van der Waals surface area contributed by atoms with E-state index in [1.165, 1.54) is 0 Å². The number of rotatable bonds is 8. The standard InChI is InChI=1S/C19H31N3O3/c1-15(2)14-24-11-4-9-20-19(23)21-17-5-7-18(8-6-17)22-10-12-25-16(3)13-22/h5-8,15-16H,4,9-14H2,1-3H3,(H2,20,21,23). The largest absolute Gasteiger partial charge is 0.381 e. The molecule has 1 fully saturated rings. The molecule has 0 bridgehead atoms. The van der Waals surface area contributed by atoms with Crippen molar-refractivity contribution in [2.24, 2.45) is 5.92 Å². The quantitative estimate of drug-likeness (QED) is 0.708. The predicted molar refractivity (Wildman–Crippen MR) is 101 cm³/mol. The minimum atomic E-state index is -0.184. The lowest BCUT2D eigenvalue weighted by Gasteiger charge is -2.33. The Balaban J connectivity index is 1.67. The lowest BCUT2D eigenvalue weighted by molar-refractivity contribution is 0.0532. The zero-order valence-electron chi connectivity index (χ0n) is 15.6. The average molecular weight is 349 g/mol. The first-order valence-electron chi connectivity index (χ1n) is 9.14. The van der Waals surface area contributed by atoms with Crippen LogP contribution in [0.2, 0.25) is 0 Å². The van der Waals surface area contributed by atoms with Crippen LogP contribution in [-0.2, 0) is 9.47 Å². The smallest absolute Gasteiger partial charge is 0.319 e. The molecule has 0 aliphatic carbocycles. The Morgan fingerprint density at radius 1 is 1.36 bits per heavy atom. The summed E-state index contributed by atoms with van der Waals surface area (Å²) in [4.78, 5) is 14.2. The molecule has 2 amide bonds. The zero-order valence-corrected chi connectivity index (χ0v) is 15.6. The molecule has 2 N–H and O–H groups in total. The van der Waals surface area contributed by atoms with Crippen LogP contribution in [0.5, 0.6) is 0 Å². The third-order valence-corrected chi connectivity index (χ3v) is 3.93. The fourth-order valence-corrected chi connectivity index (χ4v) is 2.68. The maximum absolute atomic E-state index is 11.9. The number of nitrogens with zero attached hydrogens (tertiary/aromatic N) is 1. The molecule has 1 unspecified atom stereocenters. The highest BCUT2D eigenvalue weighted by Gasteiger charge is 2.16. The van der Waals surface area contributed by atoms with Crippen LogP contribution in [0.25, 0.3) is 0 Å². The molecule has 6 nitrogen and oxygen atoms in total. The number of ether oxygens (including phenoxy) is 2. The van der Waals surface area contributed by atoms with Gasteiger partial charge in [-0.1, -0.05) is 13.8 Å². The first-order valence-corrected chi connectivity index (χ1v) is 9.14. The summed E-state index contributed by atoms with van der Waals surface area (Å²) in [6.07, 6.45) is 1.07. The molecule has 1 saturated heterocycles. The van der Waals surface area contributed by atoms with Crippen LogP contribution in [0.1, 0.15) is 27.2 Å². The van der Waals surface area contributed by atoms with Crippen molar-refractivity contribution in [1.29, 1.82) is 0 Å². The zero-order chi connectivity index (χ0) is 18.1. The summed E-state index contributed by atoms with van der Waals surface area (Å²) in [6.45, 7) is 10.9. The van der Waals surface area contributed by atoms with Gasteiger partial charge in [-0.25, -0.2) is 4.79 Å². The molecule has 0 aromatic heterocycles. The highest BCUT2D eigenvalue weighted by atomic mass is 16.5. The van der Waals surface area contributed by atoms with Crippen LogP contribution in [0.3, 0.4) is 0 Å². The van der Waals surface area contributed by atoms with Gasteiger partial charge in [0.15, 0.2) is 0 Å². The summed E-state index contributed by atoms with van der Waals surface area (Å²) in [7, 11) is 0. The number of hydrogen-bond acceptors (Lipinski definition) is 4. The van der Waals surface area contributed by atoms with E-state index in [0.717, 1.165) is 44.1 Å². The first-order chi connectivity index (χ1) is 12.0. The van der Waals surface area contributed by atoms with E-state index in [9.17, 15) is 4.79 Å². The minimum absolute atomic E-state index is 0.184. The van der Waals surface area contributed by atoms with Gasteiger partial charge in [-0.3, -0.25) is 0 Å². The normalized spacial score (nSPS) is 17.6. The molecule has 2 rings (SSSR count). The van der Waals surface area contributed by atoms with E-state index < -0.39 is 0 Å². The van der Waals surface area contributed by atoms with Gasteiger partial charge in [0, 0.05) is 44.2 Å². The van der Waals surface area contributed by atoms with Crippen LogP contribution in [-0.4, -0.2) is 51.6 Å². The van der Waals surface area contributed by atoms with Gasteiger partial charge in [0.1, 0.15) is 0 Å². The van der Waals surface area contributed by atoms with Crippen molar-refractivity contribution >= 4 is 17.4 Å². The summed E-state index contributed by atoms with van der Waals surface area (Å²) in [5.41, 5.74) is 1.95. The molecule has 140 valence electrons. The highest BCUT2D eigenvalue weighted by Crippen LogP contribution is 2.20. The maximum atomic E-state index is 11.9. The van der Waals surface area contributed by atoms with Gasteiger partial charge in [0.05, 0.1) is 12.7 Å². The molecule has 1 aromatic rings. The molecule has 6 heteroatoms. The lowest BCUT2D eigenvalue weighted by atomic mass is 10.2. The number of morpholine rings is 1. The van der Waals surface area contributed by atoms with Crippen molar-refractivity contribution in [2.45, 2.75) is 33.3 Å². The number of hydrogen-bond donors (Lipinski definition) is 2. The van der Waals surface area contributed by atoms with E-state index >= 15 is 0 Å². The van der Waals surface area contributed by atoms with Crippen molar-refractivity contribution in [2.75, 3.05) is 49.7 Å². The van der Waals surface area contributed by atoms with E-state index in [-0.39, 0.29) is 12.1 Å². The third-order valence-electron chi connectivity index (χ3n) is 3.93. The Morgan fingerprint density at radius 2 is 2.12 bits per heavy atom. The van der Waals surface area contributed by atoms with Crippen molar-refractivity contribution in [3.05, 3.63) is 24.3 Å². The number of carbonyl (C=O) groups excluding carboxylic acids is 1. The van der Waals surface area contributed by atoms with Gasteiger partial charge in [-0.2, -0.15) is 0 Å². The molecule has 0 saturated carbocycles. The summed E-state index contributed by atoms with van der Waals surface area (Å²) in [6, 6.07) is 7.75. The molecule has 0 radical (unpaired) electrons. The van der Waals surface area contributed by atoms with Crippen LogP contribution in [0.15, 0.2) is 24.3 Å². The van der Waals surface area contributed by atoms with Gasteiger partial charge in [-0.15, -0.1) is 0 Å². The molecule has 1 atom stereocenters. The second-order valence-electron chi connectivity index (χ2n) is 6.88. The third kappa shape index (κ3) is 7.32. The first kappa shape index (κ1) is 19.5. The molecule has 1 heterocycles. The fraction of sp³-hybridized carbons (Fsp3) is 0.632. The Morgan fingerprint density at radius 3 is 2.80 bits per heavy atom. The maximum Gasteiger partial charge on any atom is 0.319 e. The molecular formula is C19H31N3O3. The van der Waals surface area contributed by atoms with Crippen LogP contribution in [0.4, 0.5) is 16.2 Å². The molecular weight excluding hydrogens is 318 g/mol. The number of benzene rings is 1. The second kappa shape index (κ2) is 10.3. The number of nitrogens with one attached hydrogen (secondary N) is 2. The Bertz CT molecular complexity index is 519. The van der Waals surface area contributed by atoms with Gasteiger partial charge in [0.2, 0.25) is 0 Å². The molecule has 25 heavy (non-hydrogen) atoms. The van der Waals surface area contributed by atoms with Crippen LogP contribution in [0, 0.1) is 5.92 Å². The summed E-state index contributed by atoms with van der Waals surface area (Å²) >= 11 is 0. The number of amides is 2. The predicted octanol–water partition coefficient (Wildman–Crippen LogP) is 3.10. The molecule has 1 aromatic carbocycles. The monoisotopic (exact) mass is 349 g/mol. The number of anilines is 2. The summed E-state index contributed by atoms with van der Waals surface area (Å²) in [5, 5.41) is 5.70. The van der Waals surface area contributed by atoms with Crippen LogP contribution >= 0.6 is 0 Å². The Kier molecular flexibility index (Phi) is 8.01. The molecule has 1 aliphatic heterocycles. The minimum Gasteiger partial charge on any atom is -0.381 e. The van der Waals surface area contributed by atoms with E-state index in [0.29, 0.717) is 19.1 Å². The van der Waals surface area contributed by atoms with Crippen molar-refractivity contribution in [1.82, 2.24) is 5.32 Å². The van der Waals surface area contributed by atoms with E-state index in [4.69, 9.17) is 9.47 Å². The number of carbonyl (C=O) groups is 1. The summed E-state index contributed by atoms with van der Waals surface area (Å²) in [5.74, 6) is 0.542. The fourth-order valence-electron chi connectivity index (χ4n) is 2.68. The number of urea groups is 1. The molecule has 1 aliphatic rings. The van der Waals surface area contributed by atoms with Gasteiger partial charge >= 0.3 is 6.03 Å². The van der Waals surface area contributed by atoms with Crippen LogP contribution < -0.4 is 15.5 Å². The van der Waals surface area contributed by atoms with E-state index in [1.807, 2.05) is 24.3 Å². The Hall–Kier alpha value is -1.79. The van der Waals surface area contributed by atoms with E-state index in [2.05, 4.69) is 36.3 Å². The van der Waals surface area contributed by atoms with Crippen molar-refractivity contribution < 1.29 is 14.3 Å². The van der Waals surface area contributed by atoms with Gasteiger partial charge in [0.25, 0.3) is 0 Å².